The van der Waals surface area contributed by atoms with Crippen LogP contribution in [-0.2, 0) is 0 Å². The zero-order valence-corrected chi connectivity index (χ0v) is 11.4. The van der Waals surface area contributed by atoms with Crippen LogP contribution < -0.4 is 10.1 Å². The number of aryl methyl sites for hydroxylation is 1. The maximum absolute atomic E-state index is 11.8. The highest BCUT2D eigenvalue weighted by Gasteiger charge is 2.32. The number of nitrogens with one attached hydrogen (secondary N) is 1. The molecule has 0 bridgehead atoms. The standard InChI is InChI=1S/C15H10N2O5/c1-7-6-10-11(13(19)17-12(10)18)14(16-7)22-9-4-2-8(3-5-9)15(20)21/h2-6H,1H3,(H,20,21)(H,17,18,19). The second kappa shape index (κ2) is 4.96. The van der Waals surface area contributed by atoms with Crippen molar-refractivity contribution in [2.45, 2.75) is 6.92 Å². The zero-order valence-electron chi connectivity index (χ0n) is 11.4. The Balaban J connectivity index is 1.99. The fraction of sp³-hybridized carbons (Fsp3) is 0.0667. The van der Waals surface area contributed by atoms with Crippen molar-refractivity contribution in [2.75, 3.05) is 0 Å². The summed E-state index contributed by atoms with van der Waals surface area (Å²) < 4.78 is 5.54. The minimum atomic E-state index is -1.05. The number of carbonyl (C=O) groups excluding carboxylic acids is 2. The van der Waals surface area contributed by atoms with E-state index in [0.29, 0.717) is 11.4 Å². The molecule has 2 heterocycles. The first-order valence-corrected chi connectivity index (χ1v) is 6.34. The average molecular weight is 298 g/mol. The molecule has 1 aromatic carbocycles. The van der Waals surface area contributed by atoms with E-state index >= 15 is 0 Å². The molecule has 22 heavy (non-hydrogen) atoms. The Kier molecular flexibility index (Phi) is 3.10. The number of hydrogen-bond donors (Lipinski definition) is 2. The number of carboxylic acid groups (broad SMARTS) is 1. The Labute approximate surface area is 124 Å². The summed E-state index contributed by atoms with van der Waals surface area (Å²) in [5, 5.41) is 11.0. The predicted molar refractivity (Wildman–Crippen MR) is 74.2 cm³/mol. The quantitative estimate of drug-likeness (QED) is 0.836. The van der Waals surface area contributed by atoms with Crippen molar-refractivity contribution >= 4 is 17.8 Å². The Morgan fingerprint density at radius 1 is 1.18 bits per heavy atom. The lowest BCUT2D eigenvalue weighted by Gasteiger charge is -2.08. The van der Waals surface area contributed by atoms with E-state index in [-0.39, 0.29) is 22.6 Å². The molecule has 0 saturated heterocycles. The van der Waals surface area contributed by atoms with Gasteiger partial charge in [-0.3, -0.25) is 14.9 Å². The third-order valence-corrected chi connectivity index (χ3v) is 3.13. The first kappa shape index (κ1) is 13.7. The predicted octanol–water partition coefficient (Wildman–Crippen LogP) is 1.76. The highest BCUT2D eigenvalue weighted by molar-refractivity contribution is 6.22. The van der Waals surface area contributed by atoms with Crippen molar-refractivity contribution in [3.63, 3.8) is 0 Å². The summed E-state index contributed by atoms with van der Waals surface area (Å²) in [5.41, 5.74) is 0.941. The van der Waals surface area contributed by atoms with Crippen LogP contribution in [0, 0.1) is 6.92 Å². The second-order valence-corrected chi connectivity index (χ2v) is 4.71. The Morgan fingerprint density at radius 3 is 2.50 bits per heavy atom. The molecular formula is C15H10N2O5. The number of aromatic carboxylic acids is 1. The Hall–Kier alpha value is -3.22. The summed E-state index contributed by atoms with van der Waals surface area (Å²) in [6.07, 6.45) is 0. The Bertz CT molecular complexity index is 811. The summed E-state index contributed by atoms with van der Waals surface area (Å²) in [6, 6.07) is 7.16. The number of amides is 2. The van der Waals surface area contributed by atoms with Crippen molar-refractivity contribution in [2.24, 2.45) is 0 Å². The molecule has 0 spiro atoms. The number of rotatable bonds is 3. The molecule has 0 aliphatic carbocycles. The molecule has 0 unspecified atom stereocenters. The van der Waals surface area contributed by atoms with E-state index in [9.17, 15) is 14.4 Å². The number of aromatic nitrogens is 1. The van der Waals surface area contributed by atoms with Gasteiger partial charge in [0.25, 0.3) is 11.8 Å². The van der Waals surface area contributed by atoms with E-state index in [0.717, 1.165) is 0 Å². The summed E-state index contributed by atoms with van der Waals surface area (Å²) in [5.74, 6) is -1.77. The molecule has 2 aromatic rings. The molecule has 2 amide bonds. The van der Waals surface area contributed by atoms with Crippen molar-refractivity contribution in [3.8, 4) is 11.6 Å². The fourth-order valence-corrected chi connectivity index (χ4v) is 2.13. The van der Waals surface area contributed by atoms with Gasteiger partial charge >= 0.3 is 5.97 Å². The van der Waals surface area contributed by atoms with Crippen molar-refractivity contribution < 1.29 is 24.2 Å². The number of pyridine rings is 1. The molecule has 0 saturated carbocycles. The number of hydrogen-bond acceptors (Lipinski definition) is 5. The number of nitrogens with zero attached hydrogens (tertiary/aromatic N) is 1. The molecule has 110 valence electrons. The molecule has 0 radical (unpaired) electrons. The van der Waals surface area contributed by atoms with Crippen molar-refractivity contribution in [1.29, 1.82) is 0 Å². The maximum Gasteiger partial charge on any atom is 0.335 e. The van der Waals surface area contributed by atoms with Gasteiger partial charge in [0.2, 0.25) is 5.88 Å². The van der Waals surface area contributed by atoms with E-state index in [1.165, 1.54) is 30.3 Å². The minimum Gasteiger partial charge on any atom is -0.478 e. The molecule has 0 atom stereocenters. The zero-order chi connectivity index (χ0) is 15.9. The lowest BCUT2D eigenvalue weighted by Crippen LogP contribution is -2.20. The lowest BCUT2D eigenvalue weighted by molar-refractivity contribution is 0.0696. The van der Waals surface area contributed by atoms with Gasteiger partial charge in [-0.25, -0.2) is 9.78 Å². The molecule has 2 N–H and O–H groups in total. The normalized spacial score (nSPS) is 12.8. The van der Waals surface area contributed by atoms with E-state index in [1.54, 1.807) is 6.92 Å². The number of imide groups is 1. The van der Waals surface area contributed by atoms with Gasteiger partial charge in [0.15, 0.2) is 0 Å². The smallest absolute Gasteiger partial charge is 0.335 e. The van der Waals surface area contributed by atoms with Gasteiger partial charge in [-0.05, 0) is 37.3 Å². The fourth-order valence-electron chi connectivity index (χ4n) is 2.13. The Morgan fingerprint density at radius 2 is 1.86 bits per heavy atom. The first-order valence-electron chi connectivity index (χ1n) is 6.34. The monoisotopic (exact) mass is 298 g/mol. The third-order valence-electron chi connectivity index (χ3n) is 3.13. The highest BCUT2D eigenvalue weighted by Crippen LogP contribution is 2.29. The third kappa shape index (κ3) is 2.28. The minimum absolute atomic E-state index is 0.0152. The van der Waals surface area contributed by atoms with Crippen molar-refractivity contribution in [1.82, 2.24) is 10.3 Å². The molecular weight excluding hydrogens is 288 g/mol. The molecule has 0 fully saturated rings. The van der Waals surface area contributed by atoms with E-state index in [2.05, 4.69) is 10.3 Å². The molecule has 1 aliphatic heterocycles. The van der Waals surface area contributed by atoms with Crippen LogP contribution in [0.4, 0.5) is 0 Å². The summed E-state index contributed by atoms with van der Waals surface area (Å²) in [4.78, 5) is 38.4. The van der Waals surface area contributed by atoms with Gasteiger partial charge in [-0.2, -0.15) is 0 Å². The van der Waals surface area contributed by atoms with Crippen LogP contribution in [0.3, 0.4) is 0 Å². The molecule has 3 rings (SSSR count). The summed E-state index contributed by atoms with van der Waals surface area (Å²) in [7, 11) is 0. The van der Waals surface area contributed by atoms with Gasteiger partial charge in [0.1, 0.15) is 11.3 Å². The van der Waals surface area contributed by atoms with Gasteiger partial charge in [-0.1, -0.05) is 0 Å². The maximum atomic E-state index is 11.8. The van der Waals surface area contributed by atoms with Crippen LogP contribution in [0.5, 0.6) is 11.6 Å². The topological polar surface area (TPSA) is 106 Å². The van der Waals surface area contributed by atoms with E-state index in [1.807, 2.05) is 0 Å². The average Bonchev–Trinajstić information content (AvgIpc) is 2.74. The van der Waals surface area contributed by atoms with Crippen molar-refractivity contribution in [3.05, 3.63) is 52.7 Å². The van der Waals surface area contributed by atoms with Gasteiger partial charge in [0.05, 0.1) is 11.1 Å². The van der Waals surface area contributed by atoms with E-state index < -0.39 is 17.8 Å². The second-order valence-electron chi connectivity index (χ2n) is 4.71. The number of carboxylic acids is 1. The van der Waals surface area contributed by atoms with Crippen LogP contribution in [0.1, 0.15) is 36.8 Å². The van der Waals surface area contributed by atoms with E-state index in [4.69, 9.17) is 9.84 Å². The van der Waals surface area contributed by atoms with Crippen LogP contribution in [0.25, 0.3) is 0 Å². The van der Waals surface area contributed by atoms with Crippen LogP contribution in [0.2, 0.25) is 0 Å². The highest BCUT2D eigenvalue weighted by atomic mass is 16.5. The largest absolute Gasteiger partial charge is 0.478 e. The van der Waals surface area contributed by atoms with Gasteiger partial charge in [-0.15, -0.1) is 0 Å². The number of fused-ring (bicyclic) bond motifs is 1. The molecule has 1 aromatic heterocycles. The van der Waals surface area contributed by atoms with Crippen LogP contribution in [0.15, 0.2) is 30.3 Å². The molecule has 7 heteroatoms. The summed E-state index contributed by atoms with van der Waals surface area (Å²) in [6.45, 7) is 1.68. The number of carbonyl (C=O) groups is 3. The molecule has 7 nitrogen and oxygen atoms in total. The first-order chi connectivity index (χ1) is 10.5. The van der Waals surface area contributed by atoms with Crippen LogP contribution >= 0.6 is 0 Å². The van der Waals surface area contributed by atoms with Crippen LogP contribution in [-0.4, -0.2) is 27.9 Å². The summed E-state index contributed by atoms with van der Waals surface area (Å²) >= 11 is 0. The number of ether oxygens (including phenoxy) is 1. The van der Waals surface area contributed by atoms with Gasteiger partial charge < -0.3 is 9.84 Å². The SMILES string of the molecule is Cc1cc2c(c(Oc3ccc(C(=O)O)cc3)n1)C(=O)NC2=O. The van der Waals surface area contributed by atoms with Gasteiger partial charge in [0, 0.05) is 5.69 Å². The molecule has 1 aliphatic rings. The number of benzene rings is 1. The lowest BCUT2D eigenvalue weighted by atomic mass is 10.1.